The number of ether oxygens (including phenoxy) is 1. The number of nitrogens with zero attached hydrogens (tertiary/aromatic N) is 2. The first-order valence-electron chi connectivity index (χ1n) is 8.28. The van der Waals surface area contributed by atoms with Crippen molar-refractivity contribution in [1.29, 1.82) is 0 Å². The molecule has 0 atom stereocenters. The van der Waals surface area contributed by atoms with E-state index in [0.29, 0.717) is 5.75 Å². The zero-order valence-electron chi connectivity index (χ0n) is 14.2. The first kappa shape index (κ1) is 17.4. The van der Waals surface area contributed by atoms with Gasteiger partial charge in [-0.15, -0.1) is 0 Å². The number of hydrogen-bond acceptors (Lipinski definition) is 4. The van der Waals surface area contributed by atoms with Gasteiger partial charge in [-0.25, -0.2) is 5.43 Å². The second kappa shape index (κ2) is 9.13. The topological polar surface area (TPSA) is 63.6 Å². The third-order valence-corrected chi connectivity index (χ3v) is 3.66. The number of amides is 1. The van der Waals surface area contributed by atoms with Gasteiger partial charge in [0.1, 0.15) is 5.75 Å². The minimum Gasteiger partial charge on any atom is -0.483 e. The van der Waals surface area contributed by atoms with Gasteiger partial charge in [-0.2, -0.15) is 5.10 Å². The van der Waals surface area contributed by atoms with Gasteiger partial charge in [0.25, 0.3) is 5.91 Å². The lowest BCUT2D eigenvalue weighted by molar-refractivity contribution is -0.123. The number of benzene rings is 2. The molecule has 0 saturated carbocycles. The van der Waals surface area contributed by atoms with Crippen LogP contribution in [0.1, 0.15) is 16.7 Å². The van der Waals surface area contributed by atoms with Gasteiger partial charge in [-0.1, -0.05) is 54.6 Å². The molecule has 5 heteroatoms. The number of pyridine rings is 1. The van der Waals surface area contributed by atoms with Crippen LogP contribution in [0.5, 0.6) is 5.75 Å². The lowest BCUT2D eigenvalue weighted by Crippen LogP contribution is -2.24. The average molecular weight is 345 g/mol. The molecule has 130 valence electrons. The highest BCUT2D eigenvalue weighted by Gasteiger charge is 2.07. The predicted octanol–water partition coefficient (Wildman–Crippen LogP) is 3.20. The summed E-state index contributed by atoms with van der Waals surface area (Å²) < 4.78 is 5.68. The van der Waals surface area contributed by atoms with E-state index >= 15 is 0 Å². The molecule has 26 heavy (non-hydrogen) atoms. The molecule has 2 aromatic carbocycles. The zero-order chi connectivity index (χ0) is 18.0. The Labute approximate surface area is 152 Å². The largest absolute Gasteiger partial charge is 0.483 e. The molecule has 0 fully saturated rings. The summed E-state index contributed by atoms with van der Waals surface area (Å²) in [5.74, 6) is 0.377. The van der Waals surface area contributed by atoms with Gasteiger partial charge in [0.2, 0.25) is 0 Å². The SMILES string of the molecule is O=C(COc1ccccc1Cc1ccccc1)N/N=C\c1cccnc1. The van der Waals surface area contributed by atoms with E-state index in [1.54, 1.807) is 18.5 Å². The fourth-order valence-corrected chi connectivity index (χ4v) is 2.41. The summed E-state index contributed by atoms with van der Waals surface area (Å²) in [4.78, 5) is 15.9. The highest BCUT2D eigenvalue weighted by atomic mass is 16.5. The van der Waals surface area contributed by atoms with E-state index in [9.17, 15) is 4.79 Å². The van der Waals surface area contributed by atoms with Crippen molar-refractivity contribution in [2.45, 2.75) is 6.42 Å². The second-order valence-electron chi connectivity index (χ2n) is 5.64. The summed E-state index contributed by atoms with van der Waals surface area (Å²) in [6, 6.07) is 21.5. The maximum Gasteiger partial charge on any atom is 0.277 e. The molecule has 3 rings (SSSR count). The van der Waals surface area contributed by atoms with Crippen molar-refractivity contribution in [3.8, 4) is 5.75 Å². The van der Waals surface area contributed by atoms with Gasteiger partial charge in [0, 0.05) is 24.4 Å². The van der Waals surface area contributed by atoms with Gasteiger partial charge in [0.05, 0.1) is 6.21 Å². The third-order valence-electron chi connectivity index (χ3n) is 3.66. The number of carbonyl (C=O) groups excluding carboxylic acids is 1. The van der Waals surface area contributed by atoms with Crippen LogP contribution in [0.4, 0.5) is 0 Å². The zero-order valence-corrected chi connectivity index (χ0v) is 14.2. The van der Waals surface area contributed by atoms with Crippen molar-refractivity contribution in [3.63, 3.8) is 0 Å². The van der Waals surface area contributed by atoms with E-state index in [1.807, 2.05) is 48.5 Å². The predicted molar refractivity (Wildman–Crippen MR) is 101 cm³/mol. The van der Waals surface area contributed by atoms with Crippen LogP contribution in [0.3, 0.4) is 0 Å². The molecule has 0 aliphatic heterocycles. The molecule has 5 nitrogen and oxygen atoms in total. The molecule has 1 aromatic heterocycles. The van der Waals surface area contributed by atoms with Crippen molar-refractivity contribution in [2.75, 3.05) is 6.61 Å². The summed E-state index contributed by atoms with van der Waals surface area (Å²) in [6.07, 6.45) is 5.62. The summed E-state index contributed by atoms with van der Waals surface area (Å²) in [6.45, 7) is -0.101. The minimum absolute atomic E-state index is 0.101. The van der Waals surface area contributed by atoms with E-state index in [-0.39, 0.29) is 12.5 Å². The van der Waals surface area contributed by atoms with Gasteiger partial charge in [-0.05, 0) is 23.3 Å². The maximum absolute atomic E-state index is 11.9. The Hall–Kier alpha value is -3.47. The van der Waals surface area contributed by atoms with E-state index < -0.39 is 0 Å². The average Bonchev–Trinajstić information content (AvgIpc) is 2.69. The Bertz CT molecular complexity index is 865. The second-order valence-corrected chi connectivity index (χ2v) is 5.64. The molecular formula is C21H19N3O2. The van der Waals surface area contributed by atoms with Crippen molar-refractivity contribution < 1.29 is 9.53 Å². The van der Waals surface area contributed by atoms with Crippen LogP contribution in [-0.2, 0) is 11.2 Å². The number of hydrogen-bond donors (Lipinski definition) is 1. The number of nitrogens with one attached hydrogen (secondary N) is 1. The molecule has 0 saturated heterocycles. The summed E-state index contributed by atoms with van der Waals surface area (Å²) in [5.41, 5.74) is 5.48. The van der Waals surface area contributed by atoms with Crippen LogP contribution in [-0.4, -0.2) is 23.7 Å². The molecule has 0 spiro atoms. The van der Waals surface area contributed by atoms with Gasteiger partial charge < -0.3 is 4.74 Å². The van der Waals surface area contributed by atoms with Gasteiger partial charge in [-0.3, -0.25) is 9.78 Å². The quantitative estimate of drug-likeness (QED) is 0.528. The Morgan fingerprint density at radius 1 is 1.04 bits per heavy atom. The molecule has 1 heterocycles. The Balaban J connectivity index is 1.54. The molecule has 1 N–H and O–H groups in total. The molecular weight excluding hydrogens is 326 g/mol. The van der Waals surface area contributed by atoms with Crippen LogP contribution in [0.15, 0.2) is 84.2 Å². The van der Waals surface area contributed by atoms with Crippen LogP contribution in [0, 0.1) is 0 Å². The molecule has 0 aliphatic carbocycles. The fourth-order valence-electron chi connectivity index (χ4n) is 2.41. The number of rotatable bonds is 7. The standard InChI is InChI=1S/C21H19N3O2/c25-21(24-23-15-18-9-6-12-22-14-18)16-26-20-11-5-4-10-19(20)13-17-7-2-1-3-8-17/h1-12,14-15H,13,16H2,(H,24,25)/b23-15-. The lowest BCUT2D eigenvalue weighted by Gasteiger charge is -2.11. The molecule has 1 amide bonds. The van der Waals surface area contributed by atoms with Crippen LogP contribution in [0.2, 0.25) is 0 Å². The highest BCUT2D eigenvalue weighted by Crippen LogP contribution is 2.21. The summed E-state index contributed by atoms with van der Waals surface area (Å²) >= 11 is 0. The van der Waals surface area contributed by atoms with Crippen molar-refractivity contribution in [3.05, 3.63) is 95.8 Å². The third kappa shape index (κ3) is 5.27. The van der Waals surface area contributed by atoms with Gasteiger partial charge in [0.15, 0.2) is 6.61 Å². The van der Waals surface area contributed by atoms with Crippen molar-refractivity contribution in [1.82, 2.24) is 10.4 Å². The van der Waals surface area contributed by atoms with E-state index in [4.69, 9.17) is 4.74 Å². The fraction of sp³-hybridized carbons (Fsp3) is 0.0952. The summed E-state index contributed by atoms with van der Waals surface area (Å²) in [5, 5.41) is 3.90. The van der Waals surface area contributed by atoms with E-state index in [1.165, 1.54) is 11.8 Å². The van der Waals surface area contributed by atoms with Crippen molar-refractivity contribution in [2.24, 2.45) is 5.10 Å². The Morgan fingerprint density at radius 3 is 2.65 bits per heavy atom. The van der Waals surface area contributed by atoms with E-state index in [0.717, 1.165) is 17.5 Å². The molecule has 0 unspecified atom stereocenters. The van der Waals surface area contributed by atoms with Crippen LogP contribution in [0.25, 0.3) is 0 Å². The monoisotopic (exact) mass is 345 g/mol. The van der Waals surface area contributed by atoms with Crippen LogP contribution < -0.4 is 10.2 Å². The first-order chi connectivity index (χ1) is 12.8. The first-order valence-corrected chi connectivity index (χ1v) is 8.28. The number of carbonyl (C=O) groups is 1. The number of para-hydroxylation sites is 1. The van der Waals surface area contributed by atoms with Crippen molar-refractivity contribution >= 4 is 12.1 Å². The number of hydrazone groups is 1. The molecule has 0 radical (unpaired) electrons. The molecule has 0 aliphatic rings. The smallest absolute Gasteiger partial charge is 0.277 e. The maximum atomic E-state index is 11.9. The summed E-state index contributed by atoms with van der Waals surface area (Å²) in [7, 11) is 0. The number of aromatic nitrogens is 1. The minimum atomic E-state index is -0.320. The normalized spacial score (nSPS) is 10.6. The lowest BCUT2D eigenvalue weighted by atomic mass is 10.0. The Morgan fingerprint density at radius 2 is 1.85 bits per heavy atom. The van der Waals surface area contributed by atoms with Crippen LogP contribution >= 0.6 is 0 Å². The molecule has 3 aromatic rings. The Kier molecular flexibility index (Phi) is 6.09. The highest BCUT2D eigenvalue weighted by molar-refractivity contribution is 5.82. The van der Waals surface area contributed by atoms with E-state index in [2.05, 4.69) is 27.6 Å². The molecule has 0 bridgehead atoms. The van der Waals surface area contributed by atoms with Gasteiger partial charge >= 0.3 is 0 Å².